The summed E-state index contributed by atoms with van der Waals surface area (Å²) in [6, 6.07) is -0.987. The van der Waals surface area contributed by atoms with Gasteiger partial charge in [-0.25, -0.2) is 0 Å². The van der Waals surface area contributed by atoms with Gasteiger partial charge in [-0.15, -0.1) is 0 Å². The molecule has 0 heterocycles. The second kappa shape index (κ2) is 49.8. The van der Waals surface area contributed by atoms with Crippen LogP contribution in [0.1, 0.15) is 290 Å². The molecule has 0 aliphatic rings. The predicted octanol–water partition coefficient (Wildman–Crippen LogP) is 15.5. The highest BCUT2D eigenvalue weighted by Gasteiger charge is 2.28. The number of nitrogens with one attached hydrogen (secondary N) is 1. The Bertz CT molecular complexity index is 924. The van der Waals surface area contributed by atoms with Gasteiger partial charge >= 0.3 is 0 Å². The third-order valence-corrected chi connectivity index (χ3v) is 12.9. The van der Waals surface area contributed by atoms with Gasteiger partial charge in [-0.2, -0.15) is 0 Å². The summed E-state index contributed by atoms with van der Waals surface area (Å²) < 4.78 is 0. The van der Waals surface area contributed by atoms with Crippen LogP contribution in [0.25, 0.3) is 0 Å². The van der Waals surface area contributed by atoms with Gasteiger partial charge in [0, 0.05) is 0 Å². The fraction of sp³-hybridized carbons (Fsp3) is 0.909. The van der Waals surface area contributed by atoms with Crippen LogP contribution in [0, 0.1) is 0 Å². The molecule has 1 amide bonds. The molecule has 0 aromatic rings. The summed E-state index contributed by atoms with van der Waals surface area (Å²) in [6.07, 6.45) is 59.4. The molecule has 0 aromatic heterocycles. The fourth-order valence-corrected chi connectivity index (χ4v) is 8.61. The number of allylic oxidation sites excluding steroid dienone is 4. The first-order valence-electron chi connectivity index (χ1n) is 27.2. The van der Waals surface area contributed by atoms with Crippen molar-refractivity contribution in [2.75, 3.05) is 6.61 Å². The minimum atomic E-state index is -1.26. The van der Waals surface area contributed by atoms with E-state index in [2.05, 4.69) is 43.5 Å². The normalized spacial score (nSPS) is 14.0. The van der Waals surface area contributed by atoms with Gasteiger partial charge in [0.15, 0.2) is 0 Å². The smallest absolute Gasteiger partial charge is 0.249 e. The number of hydrogen-bond acceptors (Lipinski definition) is 5. The third kappa shape index (κ3) is 43.8. The maximum Gasteiger partial charge on any atom is 0.249 e. The van der Waals surface area contributed by atoms with E-state index in [1.165, 1.54) is 218 Å². The number of amides is 1. The molecule has 4 unspecified atom stereocenters. The van der Waals surface area contributed by atoms with Gasteiger partial charge in [-0.3, -0.25) is 4.79 Å². The number of carbonyl (C=O) groups is 1. The highest BCUT2D eigenvalue weighted by Crippen LogP contribution is 2.18. The molecule has 0 aliphatic heterocycles. The SMILES string of the molecule is CCCCCCCCCCC/C=C\C/C=C\CCCCCCCCCCC(O)C(=O)NC(CO)C(O)C(O)CCCCCCCCCCCCCCCCCCCCCCC. The van der Waals surface area contributed by atoms with Gasteiger partial charge in [-0.1, -0.05) is 269 Å². The molecule has 362 valence electrons. The average Bonchev–Trinajstić information content (AvgIpc) is 3.26. The van der Waals surface area contributed by atoms with E-state index in [1.807, 2.05) is 0 Å². The van der Waals surface area contributed by atoms with E-state index >= 15 is 0 Å². The fourth-order valence-electron chi connectivity index (χ4n) is 8.61. The second-order valence-corrected chi connectivity index (χ2v) is 18.9. The Morgan fingerprint density at radius 1 is 0.410 bits per heavy atom. The topological polar surface area (TPSA) is 110 Å². The number of hydrogen-bond donors (Lipinski definition) is 5. The van der Waals surface area contributed by atoms with Crippen LogP contribution >= 0.6 is 0 Å². The Hall–Kier alpha value is -1.21. The Kier molecular flexibility index (Phi) is 48.8. The highest BCUT2D eigenvalue weighted by atomic mass is 16.3. The van der Waals surface area contributed by atoms with Gasteiger partial charge in [0.25, 0.3) is 0 Å². The van der Waals surface area contributed by atoms with E-state index in [-0.39, 0.29) is 0 Å². The molecule has 61 heavy (non-hydrogen) atoms. The van der Waals surface area contributed by atoms with Crippen LogP contribution in [-0.4, -0.2) is 57.3 Å². The zero-order chi connectivity index (χ0) is 44.5. The van der Waals surface area contributed by atoms with E-state index in [4.69, 9.17) is 0 Å². The van der Waals surface area contributed by atoms with Crippen LogP contribution < -0.4 is 5.32 Å². The molecule has 0 fully saturated rings. The lowest BCUT2D eigenvalue weighted by Crippen LogP contribution is -2.53. The van der Waals surface area contributed by atoms with Crippen molar-refractivity contribution < 1.29 is 25.2 Å². The second-order valence-electron chi connectivity index (χ2n) is 18.9. The van der Waals surface area contributed by atoms with Crippen LogP contribution in [0.2, 0.25) is 0 Å². The quantitative estimate of drug-likeness (QED) is 0.0309. The summed E-state index contributed by atoms with van der Waals surface area (Å²) in [5, 5.41) is 44.0. The Labute approximate surface area is 380 Å². The van der Waals surface area contributed by atoms with Crippen LogP contribution in [0.4, 0.5) is 0 Å². The first-order valence-corrected chi connectivity index (χ1v) is 27.2. The molecule has 0 radical (unpaired) electrons. The van der Waals surface area contributed by atoms with Crippen molar-refractivity contribution in [3.8, 4) is 0 Å². The molecule has 0 bridgehead atoms. The first kappa shape index (κ1) is 59.8. The van der Waals surface area contributed by atoms with Crippen molar-refractivity contribution in [3.63, 3.8) is 0 Å². The zero-order valence-electron chi connectivity index (χ0n) is 40.9. The van der Waals surface area contributed by atoms with Crippen LogP contribution in [-0.2, 0) is 4.79 Å². The monoisotopic (exact) mass is 862 g/mol. The van der Waals surface area contributed by atoms with Crippen LogP contribution in [0.5, 0.6) is 0 Å². The lowest BCUT2D eigenvalue weighted by Gasteiger charge is -2.27. The lowest BCUT2D eigenvalue weighted by atomic mass is 9.99. The van der Waals surface area contributed by atoms with E-state index in [1.54, 1.807) is 0 Å². The predicted molar refractivity (Wildman–Crippen MR) is 265 cm³/mol. The van der Waals surface area contributed by atoms with E-state index in [9.17, 15) is 25.2 Å². The van der Waals surface area contributed by atoms with Crippen molar-refractivity contribution in [2.24, 2.45) is 0 Å². The Morgan fingerprint density at radius 3 is 1.03 bits per heavy atom. The summed E-state index contributed by atoms with van der Waals surface area (Å²) in [5.74, 6) is -0.585. The summed E-state index contributed by atoms with van der Waals surface area (Å²) in [7, 11) is 0. The molecule has 0 saturated heterocycles. The number of carbonyl (C=O) groups excluding carboxylic acids is 1. The number of rotatable bonds is 50. The van der Waals surface area contributed by atoms with Gasteiger partial charge in [-0.05, 0) is 44.9 Å². The third-order valence-electron chi connectivity index (χ3n) is 12.9. The van der Waals surface area contributed by atoms with Crippen LogP contribution in [0.3, 0.4) is 0 Å². The molecule has 6 heteroatoms. The van der Waals surface area contributed by atoms with Gasteiger partial charge in [0.1, 0.15) is 12.2 Å². The summed E-state index contributed by atoms with van der Waals surface area (Å²) in [4.78, 5) is 12.6. The largest absolute Gasteiger partial charge is 0.394 e. The molecular formula is C55H107NO5. The molecule has 0 saturated carbocycles. The lowest BCUT2D eigenvalue weighted by molar-refractivity contribution is -0.132. The van der Waals surface area contributed by atoms with E-state index in [0.29, 0.717) is 12.8 Å². The highest BCUT2D eigenvalue weighted by molar-refractivity contribution is 5.80. The standard InChI is InChI=1S/C55H107NO5/c1-3-5-7-9-11-13-15-17-19-21-23-25-26-27-29-31-33-35-37-39-41-43-45-47-49-53(59)55(61)56-51(50-57)54(60)52(58)48-46-44-42-40-38-36-34-32-30-28-24-22-20-18-16-14-12-10-8-6-4-2/h23,25,27,29,51-54,57-60H,3-22,24,26,28,30-50H2,1-2H3,(H,56,61)/b25-23-,29-27-. The molecule has 0 aliphatic carbocycles. The molecule has 5 N–H and O–H groups in total. The van der Waals surface area contributed by atoms with Crippen molar-refractivity contribution in [1.29, 1.82) is 0 Å². The maximum absolute atomic E-state index is 12.6. The van der Waals surface area contributed by atoms with Gasteiger partial charge < -0.3 is 25.7 Å². The maximum atomic E-state index is 12.6. The van der Waals surface area contributed by atoms with Crippen molar-refractivity contribution in [3.05, 3.63) is 24.3 Å². The summed E-state index contributed by atoms with van der Waals surface area (Å²) >= 11 is 0. The summed E-state index contributed by atoms with van der Waals surface area (Å²) in [5.41, 5.74) is 0. The number of unbranched alkanes of at least 4 members (excludes halogenated alkanes) is 37. The van der Waals surface area contributed by atoms with Crippen molar-refractivity contribution >= 4 is 5.91 Å². The first-order chi connectivity index (χ1) is 30.0. The van der Waals surface area contributed by atoms with E-state index in [0.717, 1.165) is 44.9 Å². The summed E-state index contributed by atoms with van der Waals surface area (Å²) in [6.45, 7) is 4.08. The van der Waals surface area contributed by atoms with Crippen LogP contribution in [0.15, 0.2) is 24.3 Å². The van der Waals surface area contributed by atoms with Crippen molar-refractivity contribution in [1.82, 2.24) is 5.32 Å². The molecule has 6 nitrogen and oxygen atoms in total. The molecule has 4 atom stereocenters. The molecule has 0 spiro atoms. The zero-order valence-corrected chi connectivity index (χ0v) is 40.9. The Morgan fingerprint density at radius 2 is 0.705 bits per heavy atom. The van der Waals surface area contributed by atoms with E-state index < -0.39 is 36.9 Å². The molecule has 0 rings (SSSR count). The minimum absolute atomic E-state index is 0.364. The van der Waals surface area contributed by atoms with Gasteiger partial charge in [0.05, 0.1) is 18.8 Å². The van der Waals surface area contributed by atoms with Crippen molar-refractivity contribution in [2.45, 2.75) is 314 Å². The number of aliphatic hydroxyl groups is 4. The average molecular weight is 862 g/mol. The number of aliphatic hydroxyl groups excluding tert-OH is 4. The van der Waals surface area contributed by atoms with Gasteiger partial charge in [0.2, 0.25) is 5.91 Å². The molecule has 0 aromatic carbocycles. The Balaban J connectivity index is 3.66. The molecular weight excluding hydrogens is 755 g/mol. The minimum Gasteiger partial charge on any atom is -0.394 e.